The maximum absolute atomic E-state index is 5.99. The summed E-state index contributed by atoms with van der Waals surface area (Å²) >= 11 is 0. The molecule has 1 spiro atoms. The van der Waals surface area contributed by atoms with Crippen molar-refractivity contribution in [2.24, 2.45) is 0 Å². The van der Waals surface area contributed by atoms with Gasteiger partial charge in [-0.2, -0.15) is 0 Å². The summed E-state index contributed by atoms with van der Waals surface area (Å²) in [6.45, 7) is 12.4. The first kappa shape index (κ1) is 15.3. The van der Waals surface area contributed by atoms with Gasteiger partial charge in [0.05, 0.1) is 5.60 Å². The van der Waals surface area contributed by atoms with E-state index in [1.807, 2.05) is 0 Å². The zero-order valence-electron chi connectivity index (χ0n) is 13.2. The average Bonchev–Trinajstić information content (AvgIpc) is 2.32. The normalized spacial score (nSPS) is 26.4. The maximum atomic E-state index is 5.99. The zero-order chi connectivity index (χ0) is 13.9. The van der Waals surface area contributed by atoms with Gasteiger partial charge >= 0.3 is 0 Å². The highest BCUT2D eigenvalue weighted by atomic mass is 16.5. The largest absolute Gasteiger partial charge is 0.375 e. The summed E-state index contributed by atoms with van der Waals surface area (Å²) < 4.78 is 5.99. The minimum absolute atomic E-state index is 0.270. The van der Waals surface area contributed by atoms with Gasteiger partial charge in [0.25, 0.3) is 0 Å². The van der Waals surface area contributed by atoms with Gasteiger partial charge in [-0.3, -0.25) is 4.90 Å². The highest BCUT2D eigenvalue weighted by Crippen LogP contribution is 2.42. The fourth-order valence-electron chi connectivity index (χ4n) is 3.63. The lowest BCUT2D eigenvalue weighted by Gasteiger charge is -2.47. The fourth-order valence-corrected chi connectivity index (χ4v) is 3.63. The lowest BCUT2D eigenvalue weighted by Crippen LogP contribution is -2.52. The van der Waals surface area contributed by atoms with Crippen molar-refractivity contribution in [1.82, 2.24) is 10.2 Å². The maximum Gasteiger partial charge on any atom is 0.0697 e. The van der Waals surface area contributed by atoms with Gasteiger partial charge < -0.3 is 10.1 Å². The topological polar surface area (TPSA) is 24.5 Å². The Labute approximate surface area is 119 Å². The molecule has 3 heteroatoms. The first-order chi connectivity index (χ1) is 9.02. The van der Waals surface area contributed by atoms with Crippen molar-refractivity contribution in [2.75, 3.05) is 19.7 Å². The van der Waals surface area contributed by atoms with Crippen LogP contribution >= 0.6 is 0 Å². The van der Waals surface area contributed by atoms with Crippen LogP contribution in [0.15, 0.2) is 0 Å². The molecule has 0 aromatic rings. The first-order valence-corrected chi connectivity index (χ1v) is 8.15. The molecule has 1 aliphatic heterocycles. The molecule has 2 fully saturated rings. The third-order valence-electron chi connectivity index (χ3n) is 4.89. The minimum atomic E-state index is 0.270. The van der Waals surface area contributed by atoms with Gasteiger partial charge in [-0.1, -0.05) is 0 Å². The summed E-state index contributed by atoms with van der Waals surface area (Å²) in [4.78, 5) is 2.56. The molecule has 2 aliphatic rings. The van der Waals surface area contributed by atoms with Crippen LogP contribution in [0.2, 0.25) is 0 Å². The van der Waals surface area contributed by atoms with Crippen LogP contribution in [0.4, 0.5) is 0 Å². The van der Waals surface area contributed by atoms with Gasteiger partial charge in [0.15, 0.2) is 0 Å². The van der Waals surface area contributed by atoms with E-state index in [2.05, 4.69) is 37.9 Å². The van der Waals surface area contributed by atoms with Crippen molar-refractivity contribution >= 4 is 0 Å². The van der Waals surface area contributed by atoms with Crippen LogP contribution in [0.25, 0.3) is 0 Å². The van der Waals surface area contributed by atoms with E-state index in [-0.39, 0.29) is 5.60 Å². The molecule has 19 heavy (non-hydrogen) atoms. The molecular weight excluding hydrogens is 236 g/mol. The van der Waals surface area contributed by atoms with Gasteiger partial charge in [-0.05, 0) is 59.8 Å². The van der Waals surface area contributed by atoms with Crippen molar-refractivity contribution < 1.29 is 4.74 Å². The third kappa shape index (κ3) is 3.93. The predicted molar refractivity (Wildman–Crippen MR) is 80.5 cm³/mol. The second-order valence-corrected chi connectivity index (χ2v) is 6.95. The van der Waals surface area contributed by atoms with Crippen LogP contribution in [0.5, 0.6) is 0 Å². The minimum Gasteiger partial charge on any atom is -0.375 e. The highest BCUT2D eigenvalue weighted by Gasteiger charge is 2.42. The smallest absolute Gasteiger partial charge is 0.0697 e. The number of nitrogens with zero attached hydrogens (tertiary/aromatic N) is 1. The van der Waals surface area contributed by atoms with Crippen LogP contribution in [-0.2, 0) is 4.74 Å². The van der Waals surface area contributed by atoms with Gasteiger partial charge in [-0.25, -0.2) is 0 Å². The van der Waals surface area contributed by atoms with E-state index in [1.54, 1.807) is 0 Å². The van der Waals surface area contributed by atoms with E-state index >= 15 is 0 Å². The second kappa shape index (κ2) is 6.55. The van der Waals surface area contributed by atoms with Crippen LogP contribution < -0.4 is 5.32 Å². The summed E-state index contributed by atoms with van der Waals surface area (Å²) in [6.07, 6.45) is 6.35. The molecule has 1 saturated carbocycles. The SMILES string of the molecule is CC(C)N(CCNC1CCOC2(CCC2)C1)C(C)C. The lowest BCUT2D eigenvalue weighted by molar-refractivity contribution is -0.135. The molecule has 1 aliphatic carbocycles. The quantitative estimate of drug-likeness (QED) is 0.801. The number of ether oxygens (including phenoxy) is 1. The summed E-state index contributed by atoms with van der Waals surface area (Å²) in [5.41, 5.74) is 0.270. The molecule has 1 atom stereocenters. The van der Waals surface area contributed by atoms with Gasteiger partial charge in [0.2, 0.25) is 0 Å². The molecular formula is C16H32N2O. The summed E-state index contributed by atoms with van der Waals surface area (Å²) in [6, 6.07) is 1.94. The molecule has 112 valence electrons. The van der Waals surface area contributed by atoms with E-state index < -0.39 is 0 Å². The Morgan fingerprint density at radius 2 is 1.89 bits per heavy atom. The highest BCUT2D eigenvalue weighted by molar-refractivity contribution is 4.96. The first-order valence-electron chi connectivity index (χ1n) is 8.15. The summed E-state index contributed by atoms with van der Waals surface area (Å²) in [5, 5.41) is 3.76. The van der Waals surface area contributed by atoms with Crippen molar-refractivity contribution in [1.29, 1.82) is 0 Å². The van der Waals surface area contributed by atoms with Gasteiger partial charge in [-0.15, -0.1) is 0 Å². The van der Waals surface area contributed by atoms with Crippen LogP contribution in [0, 0.1) is 0 Å². The molecule has 0 bridgehead atoms. The Kier molecular flexibility index (Phi) is 5.27. The lowest BCUT2D eigenvalue weighted by atomic mass is 9.74. The molecule has 1 unspecified atom stereocenters. The zero-order valence-corrected chi connectivity index (χ0v) is 13.2. The van der Waals surface area contributed by atoms with E-state index in [0.717, 1.165) is 19.7 Å². The fraction of sp³-hybridized carbons (Fsp3) is 1.00. The molecule has 0 radical (unpaired) electrons. The van der Waals surface area contributed by atoms with Crippen LogP contribution in [0.3, 0.4) is 0 Å². The molecule has 0 amide bonds. The number of hydrogen-bond donors (Lipinski definition) is 1. The molecule has 1 saturated heterocycles. The molecule has 1 N–H and O–H groups in total. The Hall–Kier alpha value is -0.120. The summed E-state index contributed by atoms with van der Waals surface area (Å²) in [7, 11) is 0. The van der Waals surface area contributed by atoms with Crippen LogP contribution in [0.1, 0.15) is 59.8 Å². The molecule has 1 heterocycles. The second-order valence-electron chi connectivity index (χ2n) is 6.95. The predicted octanol–water partition coefficient (Wildman–Crippen LogP) is 2.80. The number of hydrogen-bond acceptors (Lipinski definition) is 3. The Morgan fingerprint density at radius 1 is 1.21 bits per heavy atom. The van der Waals surface area contributed by atoms with Gasteiger partial charge in [0, 0.05) is 37.8 Å². The molecule has 2 rings (SSSR count). The molecule has 0 aromatic carbocycles. The van der Waals surface area contributed by atoms with Crippen molar-refractivity contribution in [3.05, 3.63) is 0 Å². The third-order valence-corrected chi connectivity index (χ3v) is 4.89. The Morgan fingerprint density at radius 3 is 2.42 bits per heavy atom. The van der Waals surface area contributed by atoms with Crippen molar-refractivity contribution in [3.8, 4) is 0 Å². The van der Waals surface area contributed by atoms with Crippen LogP contribution in [-0.4, -0.2) is 48.3 Å². The number of nitrogens with one attached hydrogen (secondary N) is 1. The Balaban J connectivity index is 1.70. The van der Waals surface area contributed by atoms with E-state index in [1.165, 1.54) is 32.1 Å². The van der Waals surface area contributed by atoms with E-state index in [0.29, 0.717) is 18.1 Å². The van der Waals surface area contributed by atoms with Gasteiger partial charge in [0.1, 0.15) is 0 Å². The van der Waals surface area contributed by atoms with E-state index in [9.17, 15) is 0 Å². The molecule has 3 nitrogen and oxygen atoms in total. The Bertz CT molecular complexity index is 266. The van der Waals surface area contributed by atoms with E-state index in [4.69, 9.17) is 4.74 Å². The number of rotatable bonds is 6. The monoisotopic (exact) mass is 268 g/mol. The summed E-state index contributed by atoms with van der Waals surface area (Å²) in [5.74, 6) is 0. The van der Waals surface area contributed by atoms with Crippen molar-refractivity contribution in [2.45, 2.75) is 83.5 Å². The van der Waals surface area contributed by atoms with Crippen molar-refractivity contribution in [3.63, 3.8) is 0 Å². The average molecular weight is 268 g/mol. The molecule has 0 aromatic heterocycles. The standard InChI is InChI=1S/C16H32N2O/c1-13(2)18(14(3)4)10-9-17-15-6-11-19-16(12-15)7-5-8-16/h13-15,17H,5-12H2,1-4H3.